The molecule has 0 aromatic heterocycles. The minimum atomic E-state index is -0.426. The Kier molecular flexibility index (Phi) is 4.37. The van der Waals surface area contributed by atoms with Crippen LogP contribution in [-0.4, -0.2) is 12.0 Å². The predicted molar refractivity (Wildman–Crippen MR) is 91.7 cm³/mol. The largest absolute Gasteiger partial charge is 0.480 e. The van der Waals surface area contributed by atoms with Crippen molar-refractivity contribution in [1.29, 1.82) is 0 Å². The van der Waals surface area contributed by atoms with Crippen LogP contribution in [0.2, 0.25) is 0 Å². The molecule has 1 N–H and O–H groups in total. The number of hydrogen-bond acceptors (Lipinski definition) is 2. The normalized spacial score (nSPS) is 17.5. The number of rotatable bonds is 4. The topological polar surface area (TPSA) is 38.3 Å². The molecule has 0 fully saturated rings. The van der Waals surface area contributed by atoms with Crippen molar-refractivity contribution in [3.05, 3.63) is 65.2 Å². The van der Waals surface area contributed by atoms with E-state index in [0.717, 1.165) is 16.9 Å². The van der Waals surface area contributed by atoms with Crippen molar-refractivity contribution < 1.29 is 9.53 Å². The number of carbonyl (C=O) groups is 1. The van der Waals surface area contributed by atoms with E-state index in [9.17, 15) is 4.79 Å². The van der Waals surface area contributed by atoms with Crippen molar-refractivity contribution in [1.82, 2.24) is 5.32 Å². The zero-order chi connectivity index (χ0) is 16.4. The third-order valence-electron chi connectivity index (χ3n) is 4.40. The van der Waals surface area contributed by atoms with Gasteiger partial charge in [-0.3, -0.25) is 4.79 Å². The van der Waals surface area contributed by atoms with Crippen LogP contribution in [-0.2, 0) is 11.2 Å². The molecule has 3 rings (SSSR count). The Balaban J connectivity index is 1.62. The van der Waals surface area contributed by atoms with Crippen molar-refractivity contribution in [2.24, 2.45) is 0 Å². The molecule has 1 heterocycles. The molecule has 2 aromatic rings. The second-order valence-corrected chi connectivity index (χ2v) is 6.47. The fraction of sp³-hybridized carbons (Fsp3) is 0.350. The Labute approximate surface area is 137 Å². The Morgan fingerprint density at radius 1 is 1.04 bits per heavy atom. The molecule has 2 atom stereocenters. The molecule has 1 aliphatic rings. The van der Waals surface area contributed by atoms with Crippen molar-refractivity contribution >= 4 is 5.91 Å². The molecule has 3 heteroatoms. The molecule has 0 aliphatic carbocycles. The molecule has 0 spiro atoms. The molecule has 1 aliphatic heterocycles. The van der Waals surface area contributed by atoms with Crippen molar-refractivity contribution in [3.8, 4) is 5.75 Å². The molecule has 3 nitrogen and oxygen atoms in total. The van der Waals surface area contributed by atoms with Gasteiger partial charge in [-0.1, -0.05) is 56.3 Å². The summed E-state index contributed by atoms with van der Waals surface area (Å²) >= 11 is 0. The Morgan fingerprint density at radius 2 is 1.70 bits per heavy atom. The van der Waals surface area contributed by atoms with Crippen LogP contribution < -0.4 is 10.1 Å². The number of carbonyl (C=O) groups excluding carboxylic acids is 1. The number of fused-ring (bicyclic) bond motifs is 1. The molecule has 0 radical (unpaired) electrons. The Bertz CT molecular complexity index is 666. The summed E-state index contributed by atoms with van der Waals surface area (Å²) in [5, 5.41) is 3.06. The fourth-order valence-corrected chi connectivity index (χ4v) is 2.89. The van der Waals surface area contributed by atoms with Crippen LogP contribution in [0.15, 0.2) is 48.5 Å². The quantitative estimate of drug-likeness (QED) is 0.927. The van der Waals surface area contributed by atoms with E-state index in [-0.39, 0.29) is 11.9 Å². The van der Waals surface area contributed by atoms with Gasteiger partial charge in [-0.2, -0.15) is 0 Å². The highest BCUT2D eigenvalue weighted by molar-refractivity contribution is 5.82. The molecular weight excluding hydrogens is 286 g/mol. The highest BCUT2D eigenvalue weighted by atomic mass is 16.5. The lowest BCUT2D eigenvalue weighted by molar-refractivity contribution is -0.127. The van der Waals surface area contributed by atoms with Crippen molar-refractivity contribution in [3.63, 3.8) is 0 Å². The smallest absolute Gasteiger partial charge is 0.261 e. The summed E-state index contributed by atoms with van der Waals surface area (Å²) in [4.78, 5) is 12.4. The van der Waals surface area contributed by atoms with Crippen LogP contribution in [0, 0.1) is 0 Å². The standard InChI is InChI=1S/C20H23NO2/c1-13(2)15-8-10-16(11-9-15)14(3)21-20(22)19-12-17-6-4-5-7-18(17)23-19/h4-11,13-14,19H,12H2,1-3H3,(H,21,22)/t14-,19-/m0/s1. The second kappa shape index (κ2) is 6.45. The lowest BCUT2D eigenvalue weighted by Gasteiger charge is -2.18. The van der Waals surface area contributed by atoms with Gasteiger partial charge in [-0.05, 0) is 35.6 Å². The third-order valence-corrected chi connectivity index (χ3v) is 4.40. The minimum Gasteiger partial charge on any atom is -0.480 e. The van der Waals surface area contributed by atoms with Gasteiger partial charge in [0.1, 0.15) is 5.75 Å². The van der Waals surface area contributed by atoms with E-state index in [4.69, 9.17) is 4.74 Å². The number of hydrogen-bond donors (Lipinski definition) is 1. The average molecular weight is 309 g/mol. The summed E-state index contributed by atoms with van der Waals surface area (Å²) in [6, 6.07) is 16.2. The molecule has 0 bridgehead atoms. The maximum absolute atomic E-state index is 12.4. The fourth-order valence-electron chi connectivity index (χ4n) is 2.89. The van der Waals surface area contributed by atoms with E-state index < -0.39 is 6.10 Å². The van der Waals surface area contributed by atoms with Gasteiger partial charge in [0.05, 0.1) is 6.04 Å². The SMILES string of the molecule is CC(C)c1ccc([C@H](C)NC(=O)[C@@H]2Cc3ccccc3O2)cc1. The molecule has 23 heavy (non-hydrogen) atoms. The van der Waals surface area contributed by atoms with E-state index in [1.807, 2.05) is 31.2 Å². The summed E-state index contributed by atoms with van der Waals surface area (Å²) < 4.78 is 5.74. The highest BCUT2D eigenvalue weighted by Gasteiger charge is 2.29. The molecule has 2 aromatic carbocycles. The van der Waals surface area contributed by atoms with Crippen molar-refractivity contribution in [2.45, 2.75) is 45.3 Å². The number of nitrogens with one attached hydrogen (secondary N) is 1. The van der Waals surface area contributed by atoms with E-state index in [0.29, 0.717) is 12.3 Å². The van der Waals surface area contributed by atoms with Crippen LogP contribution in [0.1, 0.15) is 49.4 Å². The van der Waals surface area contributed by atoms with Gasteiger partial charge in [-0.25, -0.2) is 0 Å². The van der Waals surface area contributed by atoms with Crippen LogP contribution in [0.3, 0.4) is 0 Å². The summed E-state index contributed by atoms with van der Waals surface area (Å²) in [6.45, 7) is 6.36. The van der Waals surface area contributed by atoms with Crippen LogP contribution in [0.25, 0.3) is 0 Å². The maximum atomic E-state index is 12.4. The lowest BCUT2D eigenvalue weighted by atomic mass is 9.99. The Hall–Kier alpha value is -2.29. The second-order valence-electron chi connectivity index (χ2n) is 6.47. The summed E-state index contributed by atoms with van der Waals surface area (Å²) in [5.41, 5.74) is 3.52. The first-order chi connectivity index (χ1) is 11.0. The number of para-hydroxylation sites is 1. The third kappa shape index (κ3) is 3.39. The van der Waals surface area contributed by atoms with Gasteiger partial charge in [0.15, 0.2) is 6.10 Å². The van der Waals surface area contributed by atoms with Crippen LogP contribution in [0.4, 0.5) is 0 Å². The van der Waals surface area contributed by atoms with Crippen LogP contribution >= 0.6 is 0 Å². The average Bonchev–Trinajstić information content (AvgIpc) is 2.99. The molecule has 0 unspecified atom stereocenters. The van der Waals surface area contributed by atoms with Gasteiger partial charge in [-0.15, -0.1) is 0 Å². The van der Waals surface area contributed by atoms with E-state index in [2.05, 4.69) is 43.4 Å². The van der Waals surface area contributed by atoms with Crippen molar-refractivity contribution in [2.75, 3.05) is 0 Å². The Morgan fingerprint density at radius 3 is 2.35 bits per heavy atom. The van der Waals surface area contributed by atoms with Gasteiger partial charge >= 0.3 is 0 Å². The first-order valence-electron chi connectivity index (χ1n) is 8.19. The minimum absolute atomic E-state index is 0.0315. The summed E-state index contributed by atoms with van der Waals surface area (Å²) in [7, 11) is 0. The van der Waals surface area contributed by atoms with E-state index in [1.165, 1.54) is 5.56 Å². The zero-order valence-electron chi connectivity index (χ0n) is 13.9. The maximum Gasteiger partial charge on any atom is 0.261 e. The number of ether oxygens (including phenoxy) is 1. The summed E-state index contributed by atoms with van der Waals surface area (Å²) in [5.74, 6) is 1.28. The van der Waals surface area contributed by atoms with Gasteiger partial charge in [0.25, 0.3) is 5.91 Å². The zero-order valence-corrected chi connectivity index (χ0v) is 13.9. The summed E-state index contributed by atoms with van der Waals surface area (Å²) in [6.07, 6.45) is 0.214. The van der Waals surface area contributed by atoms with E-state index in [1.54, 1.807) is 0 Å². The highest BCUT2D eigenvalue weighted by Crippen LogP contribution is 2.28. The molecule has 1 amide bonds. The van der Waals surface area contributed by atoms with Gasteiger partial charge in [0.2, 0.25) is 0 Å². The first kappa shape index (κ1) is 15.6. The van der Waals surface area contributed by atoms with Gasteiger partial charge in [0, 0.05) is 6.42 Å². The molecule has 120 valence electrons. The predicted octanol–water partition coefficient (Wildman–Crippen LogP) is 3.99. The first-order valence-corrected chi connectivity index (χ1v) is 8.19. The number of amides is 1. The molecule has 0 saturated heterocycles. The monoisotopic (exact) mass is 309 g/mol. The molecular formula is C20H23NO2. The van der Waals surface area contributed by atoms with E-state index >= 15 is 0 Å². The number of benzene rings is 2. The molecule has 0 saturated carbocycles. The lowest BCUT2D eigenvalue weighted by Crippen LogP contribution is -2.38. The van der Waals surface area contributed by atoms with Crippen LogP contribution in [0.5, 0.6) is 5.75 Å². The van der Waals surface area contributed by atoms with Gasteiger partial charge < -0.3 is 10.1 Å².